The van der Waals surface area contributed by atoms with Gasteiger partial charge in [0.1, 0.15) is 0 Å². The number of hydrogen-bond acceptors (Lipinski definition) is 6. The fourth-order valence-corrected chi connectivity index (χ4v) is 3.33. The summed E-state index contributed by atoms with van der Waals surface area (Å²) >= 11 is 0. The van der Waals surface area contributed by atoms with Gasteiger partial charge in [0.05, 0.1) is 5.52 Å². The number of benzene rings is 2. The van der Waals surface area contributed by atoms with E-state index in [4.69, 9.17) is 5.73 Å². The van der Waals surface area contributed by atoms with Crippen molar-refractivity contribution in [2.45, 2.75) is 6.92 Å². The van der Waals surface area contributed by atoms with E-state index in [1.165, 1.54) is 11.1 Å². The third-order valence-corrected chi connectivity index (χ3v) is 4.90. The van der Waals surface area contributed by atoms with E-state index in [1.807, 2.05) is 18.3 Å². The molecule has 0 bridgehead atoms. The van der Waals surface area contributed by atoms with Crippen LogP contribution in [0.4, 0.5) is 11.6 Å². The molecule has 0 amide bonds. The second-order valence-corrected chi connectivity index (χ2v) is 6.94. The number of hydrazine groups is 1. The van der Waals surface area contributed by atoms with Crippen LogP contribution < -0.4 is 11.2 Å². The number of nitrogens with one attached hydrogen (secondary N) is 1. The first kappa shape index (κ1) is 16.8. The van der Waals surface area contributed by atoms with Crippen molar-refractivity contribution in [2.75, 3.05) is 44.4 Å². The van der Waals surface area contributed by atoms with Gasteiger partial charge >= 0.3 is 0 Å². The largest absolute Gasteiger partial charge is 0.399 e. The molecule has 1 aliphatic rings. The van der Waals surface area contributed by atoms with Crippen LogP contribution >= 0.6 is 0 Å². The number of nitrogen functional groups attached to an aromatic ring is 1. The molecule has 1 saturated heterocycles. The normalized spacial score (nSPS) is 16.1. The van der Waals surface area contributed by atoms with E-state index < -0.39 is 0 Å². The third kappa shape index (κ3) is 3.47. The number of nitrogens with two attached hydrogens (primary N) is 1. The maximum atomic E-state index is 5.86. The highest BCUT2D eigenvalue weighted by Crippen LogP contribution is 2.27. The first-order chi connectivity index (χ1) is 12.6. The highest BCUT2D eigenvalue weighted by Gasteiger charge is 2.14. The molecule has 1 aliphatic heterocycles. The Morgan fingerprint density at radius 3 is 2.62 bits per heavy atom. The molecule has 0 saturated carbocycles. The van der Waals surface area contributed by atoms with Gasteiger partial charge in [-0.05, 0) is 54.9 Å². The van der Waals surface area contributed by atoms with Crippen LogP contribution in [0.25, 0.3) is 22.0 Å². The number of likely N-dealkylation sites (N-methyl/N-ethyl adjacent to an activating group) is 1. The van der Waals surface area contributed by atoms with E-state index in [9.17, 15) is 0 Å². The molecule has 2 aromatic carbocycles. The Hall–Kier alpha value is -2.70. The molecule has 1 fully saturated rings. The van der Waals surface area contributed by atoms with E-state index in [0.29, 0.717) is 5.95 Å². The summed E-state index contributed by atoms with van der Waals surface area (Å²) in [6.07, 6.45) is 1.89. The minimum absolute atomic E-state index is 0.651. The number of piperazine rings is 1. The van der Waals surface area contributed by atoms with Crippen molar-refractivity contribution in [1.29, 1.82) is 0 Å². The summed E-state index contributed by atoms with van der Waals surface area (Å²) in [7, 11) is 2.14. The summed E-state index contributed by atoms with van der Waals surface area (Å²) in [4.78, 5) is 11.5. The first-order valence-electron chi connectivity index (χ1n) is 8.92. The predicted molar refractivity (Wildman–Crippen MR) is 107 cm³/mol. The molecule has 0 spiro atoms. The van der Waals surface area contributed by atoms with Crippen molar-refractivity contribution < 1.29 is 0 Å². The van der Waals surface area contributed by atoms with Crippen molar-refractivity contribution in [3.63, 3.8) is 0 Å². The van der Waals surface area contributed by atoms with Gasteiger partial charge in [-0.1, -0.05) is 12.1 Å². The van der Waals surface area contributed by atoms with Gasteiger partial charge in [-0.2, -0.15) is 0 Å². The molecule has 3 N–H and O–H groups in total. The second-order valence-electron chi connectivity index (χ2n) is 6.94. The molecule has 6 heteroatoms. The number of nitrogens with zero attached hydrogens (tertiary/aromatic N) is 4. The molecule has 3 aromatic rings. The summed E-state index contributed by atoms with van der Waals surface area (Å²) in [5.74, 6) is 0.651. The number of aromatic nitrogens is 2. The topological polar surface area (TPSA) is 70.3 Å². The second kappa shape index (κ2) is 6.90. The van der Waals surface area contributed by atoms with Gasteiger partial charge in [0.15, 0.2) is 0 Å². The van der Waals surface area contributed by atoms with Crippen LogP contribution in [0.3, 0.4) is 0 Å². The summed E-state index contributed by atoms with van der Waals surface area (Å²) in [5, 5.41) is 3.20. The van der Waals surface area contributed by atoms with Gasteiger partial charge in [-0.15, -0.1) is 0 Å². The summed E-state index contributed by atoms with van der Waals surface area (Å²) in [6, 6.07) is 12.3. The Bertz CT molecular complexity index is 931. The predicted octanol–water partition coefficient (Wildman–Crippen LogP) is 2.76. The Morgan fingerprint density at radius 2 is 1.85 bits per heavy atom. The maximum absolute atomic E-state index is 5.86. The van der Waals surface area contributed by atoms with Gasteiger partial charge < -0.3 is 10.6 Å². The van der Waals surface area contributed by atoms with Gasteiger partial charge in [0.2, 0.25) is 5.95 Å². The van der Waals surface area contributed by atoms with Crippen molar-refractivity contribution in [1.82, 2.24) is 19.9 Å². The molecule has 26 heavy (non-hydrogen) atoms. The monoisotopic (exact) mass is 348 g/mol. The zero-order chi connectivity index (χ0) is 18.1. The lowest BCUT2D eigenvalue weighted by atomic mass is 9.99. The molecule has 6 nitrogen and oxygen atoms in total. The summed E-state index contributed by atoms with van der Waals surface area (Å²) in [6.45, 7) is 6.10. The molecular formula is C20H24N6. The number of aryl methyl sites for hydroxylation is 1. The molecule has 2 heterocycles. The minimum Gasteiger partial charge on any atom is -0.399 e. The molecule has 1 aromatic heterocycles. The molecule has 0 aliphatic carbocycles. The summed E-state index contributed by atoms with van der Waals surface area (Å²) < 4.78 is 0. The third-order valence-electron chi connectivity index (χ3n) is 4.90. The quantitative estimate of drug-likeness (QED) is 0.709. The Morgan fingerprint density at radius 1 is 1.04 bits per heavy atom. The van der Waals surface area contributed by atoms with E-state index in [0.717, 1.165) is 48.3 Å². The average Bonchev–Trinajstić information content (AvgIpc) is 2.63. The fourth-order valence-electron chi connectivity index (χ4n) is 3.33. The standard InChI is InChI=1S/C20H24N6/c1-14-11-17(21)4-5-18(14)15-3-6-19-16(12-15)13-22-20(23-19)24-26-9-7-25(2)8-10-26/h3-6,11-13H,7-10,21H2,1-2H3,(H,22,23,24). The number of anilines is 2. The van der Waals surface area contributed by atoms with Crippen LogP contribution in [0, 0.1) is 6.92 Å². The Labute approximate surface area is 153 Å². The molecule has 0 atom stereocenters. The van der Waals surface area contributed by atoms with Crippen molar-refractivity contribution >= 4 is 22.5 Å². The lowest BCUT2D eigenvalue weighted by molar-refractivity contribution is 0.178. The number of rotatable bonds is 3. The van der Waals surface area contributed by atoms with Crippen LogP contribution in [0.2, 0.25) is 0 Å². The molecule has 0 radical (unpaired) electrons. The highest BCUT2D eigenvalue weighted by atomic mass is 15.5. The van der Waals surface area contributed by atoms with Crippen molar-refractivity contribution in [3.8, 4) is 11.1 Å². The highest BCUT2D eigenvalue weighted by molar-refractivity contribution is 5.85. The van der Waals surface area contributed by atoms with E-state index >= 15 is 0 Å². The maximum Gasteiger partial charge on any atom is 0.238 e. The lowest BCUT2D eigenvalue weighted by Gasteiger charge is -2.32. The lowest BCUT2D eigenvalue weighted by Crippen LogP contribution is -2.47. The van der Waals surface area contributed by atoms with E-state index in [2.05, 4.69) is 63.5 Å². The van der Waals surface area contributed by atoms with Crippen molar-refractivity contribution in [2.24, 2.45) is 0 Å². The molecule has 0 unspecified atom stereocenters. The van der Waals surface area contributed by atoms with E-state index in [-0.39, 0.29) is 0 Å². The smallest absolute Gasteiger partial charge is 0.238 e. The Balaban J connectivity index is 1.58. The van der Waals surface area contributed by atoms with Gasteiger partial charge in [-0.3, -0.25) is 5.43 Å². The fraction of sp³-hybridized carbons (Fsp3) is 0.300. The van der Waals surface area contributed by atoms with Crippen LogP contribution in [0.5, 0.6) is 0 Å². The van der Waals surface area contributed by atoms with Gasteiger partial charge in [-0.25, -0.2) is 15.0 Å². The van der Waals surface area contributed by atoms with Crippen LogP contribution in [-0.2, 0) is 0 Å². The summed E-state index contributed by atoms with van der Waals surface area (Å²) in [5.41, 5.74) is 14.4. The first-order valence-corrected chi connectivity index (χ1v) is 8.92. The van der Waals surface area contributed by atoms with Crippen LogP contribution in [0.15, 0.2) is 42.6 Å². The number of hydrogen-bond donors (Lipinski definition) is 2. The van der Waals surface area contributed by atoms with Crippen LogP contribution in [0.1, 0.15) is 5.56 Å². The van der Waals surface area contributed by atoms with Crippen LogP contribution in [-0.4, -0.2) is 53.1 Å². The average molecular weight is 348 g/mol. The zero-order valence-electron chi connectivity index (χ0n) is 15.2. The molecular weight excluding hydrogens is 324 g/mol. The van der Waals surface area contributed by atoms with Gasteiger partial charge in [0.25, 0.3) is 0 Å². The number of fused-ring (bicyclic) bond motifs is 1. The zero-order valence-corrected chi connectivity index (χ0v) is 15.2. The van der Waals surface area contributed by atoms with E-state index in [1.54, 1.807) is 0 Å². The SMILES string of the molecule is Cc1cc(N)ccc1-c1ccc2nc(NN3CCN(C)CC3)ncc2c1. The Kier molecular flexibility index (Phi) is 4.44. The molecule has 134 valence electrons. The van der Waals surface area contributed by atoms with Crippen molar-refractivity contribution in [3.05, 3.63) is 48.2 Å². The minimum atomic E-state index is 0.651. The van der Waals surface area contributed by atoms with Gasteiger partial charge in [0, 0.05) is 43.4 Å². The molecule has 4 rings (SSSR count).